The maximum atomic E-state index is 10.6. The number of hydrogen-bond donors (Lipinski definition) is 0. The van der Waals surface area contributed by atoms with Crippen LogP contribution in [0.5, 0.6) is 0 Å². The molecule has 0 atom stereocenters. The van der Waals surface area contributed by atoms with E-state index in [4.69, 9.17) is 0 Å². The Morgan fingerprint density at radius 1 is 1.33 bits per heavy atom. The molecule has 0 radical (unpaired) electrons. The number of aldehydes is 1. The summed E-state index contributed by atoms with van der Waals surface area (Å²) in [5.41, 5.74) is 2.88. The van der Waals surface area contributed by atoms with E-state index in [-0.39, 0.29) is 0 Å². The van der Waals surface area contributed by atoms with Crippen molar-refractivity contribution in [2.45, 2.75) is 19.8 Å². The number of aromatic nitrogens is 1. The molecule has 1 aromatic carbocycles. The summed E-state index contributed by atoms with van der Waals surface area (Å²) in [4.78, 5) is 14.8. The molecule has 2 aromatic rings. The molecule has 0 N–H and O–H groups in total. The molecule has 0 unspecified atom stereocenters. The van der Waals surface area contributed by atoms with Crippen molar-refractivity contribution >= 4 is 17.2 Å². The fourth-order valence-electron chi connectivity index (χ4n) is 1.71. The van der Waals surface area contributed by atoms with Crippen LogP contribution in [0.2, 0.25) is 0 Å². The smallest absolute Gasteiger partial charge is 0.151 e. The second-order valence-electron chi connectivity index (χ2n) is 3.66. The van der Waals surface area contributed by atoms with Crippen molar-refractivity contribution in [2.24, 2.45) is 0 Å². The third-order valence-electron chi connectivity index (χ3n) is 2.44. The van der Waals surface area contributed by atoms with E-state index in [2.05, 4.69) is 24.0 Å². The second-order valence-corrected chi connectivity index (χ2v) is 3.66. The molecule has 0 bridgehead atoms. The third-order valence-corrected chi connectivity index (χ3v) is 2.44. The van der Waals surface area contributed by atoms with E-state index in [1.54, 1.807) is 6.20 Å². The number of pyridine rings is 1. The van der Waals surface area contributed by atoms with Gasteiger partial charge in [0.05, 0.1) is 5.52 Å². The molecule has 0 aliphatic carbocycles. The molecule has 1 heterocycles. The number of fused-ring (bicyclic) bond motifs is 1. The number of rotatable bonds is 3. The van der Waals surface area contributed by atoms with Crippen molar-refractivity contribution in [3.63, 3.8) is 0 Å². The molecule has 2 nitrogen and oxygen atoms in total. The molecule has 0 spiro atoms. The number of aryl methyl sites for hydroxylation is 1. The zero-order valence-electron chi connectivity index (χ0n) is 8.73. The molecule has 15 heavy (non-hydrogen) atoms. The Morgan fingerprint density at radius 2 is 2.20 bits per heavy atom. The SMILES string of the molecule is CCCc1ccc2ncc(C=O)cc2c1. The van der Waals surface area contributed by atoms with Crippen LogP contribution < -0.4 is 0 Å². The minimum absolute atomic E-state index is 0.635. The van der Waals surface area contributed by atoms with E-state index in [9.17, 15) is 4.79 Å². The molecule has 2 heteroatoms. The van der Waals surface area contributed by atoms with Crippen LogP contribution in [0.3, 0.4) is 0 Å². The van der Waals surface area contributed by atoms with Gasteiger partial charge in [-0.25, -0.2) is 0 Å². The lowest BCUT2D eigenvalue weighted by Crippen LogP contribution is -1.87. The van der Waals surface area contributed by atoms with Gasteiger partial charge >= 0.3 is 0 Å². The van der Waals surface area contributed by atoms with Gasteiger partial charge in [0.2, 0.25) is 0 Å². The topological polar surface area (TPSA) is 30.0 Å². The first kappa shape index (κ1) is 9.84. The van der Waals surface area contributed by atoms with Crippen molar-refractivity contribution in [1.29, 1.82) is 0 Å². The molecule has 0 fully saturated rings. The van der Waals surface area contributed by atoms with Gasteiger partial charge in [-0.3, -0.25) is 9.78 Å². The van der Waals surface area contributed by atoms with Gasteiger partial charge < -0.3 is 0 Å². The minimum atomic E-state index is 0.635. The van der Waals surface area contributed by atoms with Crippen molar-refractivity contribution in [3.05, 3.63) is 41.6 Å². The van der Waals surface area contributed by atoms with E-state index in [0.29, 0.717) is 5.56 Å². The van der Waals surface area contributed by atoms with Crippen molar-refractivity contribution < 1.29 is 4.79 Å². The summed E-state index contributed by atoms with van der Waals surface area (Å²) < 4.78 is 0. The molecular weight excluding hydrogens is 186 g/mol. The lowest BCUT2D eigenvalue weighted by molar-refractivity contribution is 0.112. The summed E-state index contributed by atoms with van der Waals surface area (Å²) in [5.74, 6) is 0. The van der Waals surface area contributed by atoms with Crippen molar-refractivity contribution in [3.8, 4) is 0 Å². The summed E-state index contributed by atoms with van der Waals surface area (Å²) >= 11 is 0. The molecule has 0 saturated heterocycles. The minimum Gasteiger partial charge on any atom is -0.298 e. The van der Waals surface area contributed by atoms with Crippen LogP contribution in [0.1, 0.15) is 29.3 Å². The highest BCUT2D eigenvalue weighted by molar-refractivity contribution is 5.86. The van der Waals surface area contributed by atoms with E-state index in [0.717, 1.165) is 30.0 Å². The Hall–Kier alpha value is -1.70. The van der Waals surface area contributed by atoms with Crippen LogP contribution in [0.15, 0.2) is 30.5 Å². The van der Waals surface area contributed by atoms with E-state index in [1.807, 2.05) is 12.1 Å². The average molecular weight is 199 g/mol. The highest BCUT2D eigenvalue weighted by Crippen LogP contribution is 2.15. The monoisotopic (exact) mass is 199 g/mol. The van der Waals surface area contributed by atoms with Crippen molar-refractivity contribution in [2.75, 3.05) is 0 Å². The maximum Gasteiger partial charge on any atom is 0.151 e. The van der Waals surface area contributed by atoms with Crippen molar-refractivity contribution in [1.82, 2.24) is 4.98 Å². The summed E-state index contributed by atoms with van der Waals surface area (Å²) in [6.07, 6.45) is 4.64. The average Bonchev–Trinajstić information content (AvgIpc) is 2.28. The van der Waals surface area contributed by atoms with Crippen LogP contribution in [-0.2, 0) is 6.42 Å². The first-order chi connectivity index (χ1) is 7.33. The molecule has 1 aromatic heterocycles. The second kappa shape index (κ2) is 4.22. The molecule has 0 aliphatic heterocycles. The highest BCUT2D eigenvalue weighted by Gasteiger charge is 1.98. The third kappa shape index (κ3) is 2.04. The van der Waals surface area contributed by atoms with Gasteiger partial charge in [0.25, 0.3) is 0 Å². The Labute approximate surface area is 89.0 Å². The quantitative estimate of drug-likeness (QED) is 0.711. The standard InChI is InChI=1S/C13H13NO/c1-2-3-10-4-5-13-12(6-10)7-11(9-15)8-14-13/h4-9H,2-3H2,1H3. The molecule has 0 aliphatic rings. The number of benzene rings is 1. The first-order valence-electron chi connectivity index (χ1n) is 5.17. The van der Waals surface area contributed by atoms with Gasteiger partial charge in [-0.2, -0.15) is 0 Å². The zero-order chi connectivity index (χ0) is 10.7. The Bertz CT molecular complexity index is 491. The fourth-order valence-corrected chi connectivity index (χ4v) is 1.71. The fraction of sp³-hybridized carbons (Fsp3) is 0.231. The van der Waals surface area contributed by atoms with Crippen LogP contribution in [0.4, 0.5) is 0 Å². The van der Waals surface area contributed by atoms with E-state index < -0.39 is 0 Å². The highest BCUT2D eigenvalue weighted by atomic mass is 16.1. The Morgan fingerprint density at radius 3 is 2.93 bits per heavy atom. The lowest BCUT2D eigenvalue weighted by Gasteiger charge is -2.02. The van der Waals surface area contributed by atoms with Gasteiger partial charge in [-0.05, 0) is 30.2 Å². The van der Waals surface area contributed by atoms with Gasteiger partial charge in [-0.1, -0.05) is 19.4 Å². The molecule has 76 valence electrons. The summed E-state index contributed by atoms with van der Waals surface area (Å²) in [6.45, 7) is 2.16. The molecule has 2 rings (SSSR count). The number of carbonyl (C=O) groups is 1. The van der Waals surface area contributed by atoms with Gasteiger partial charge in [0.1, 0.15) is 0 Å². The predicted octanol–water partition coefficient (Wildman–Crippen LogP) is 3.00. The summed E-state index contributed by atoms with van der Waals surface area (Å²) in [7, 11) is 0. The van der Waals surface area contributed by atoms with Gasteiger partial charge in [-0.15, -0.1) is 0 Å². The lowest BCUT2D eigenvalue weighted by atomic mass is 10.1. The first-order valence-corrected chi connectivity index (χ1v) is 5.17. The van der Waals surface area contributed by atoms with Crippen LogP contribution in [0, 0.1) is 0 Å². The van der Waals surface area contributed by atoms with Gasteiger partial charge in [0, 0.05) is 17.1 Å². The summed E-state index contributed by atoms with van der Waals surface area (Å²) in [6, 6.07) is 8.10. The van der Waals surface area contributed by atoms with Gasteiger partial charge in [0.15, 0.2) is 6.29 Å². The molecule has 0 saturated carbocycles. The molecule has 0 amide bonds. The Balaban J connectivity index is 2.52. The summed E-state index contributed by atoms with van der Waals surface area (Å²) in [5, 5.41) is 1.05. The predicted molar refractivity (Wildman–Crippen MR) is 61.1 cm³/mol. The number of nitrogens with zero attached hydrogens (tertiary/aromatic N) is 1. The number of hydrogen-bond acceptors (Lipinski definition) is 2. The van der Waals surface area contributed by atoms with E-state index in [1.165, 1.54) is 5.56 Å². The largest absolute Gasteiger partial charge is 0.298 e. The normalized spacial score (nSPS) is 10.5. The maximum absolute atomic E-state index is 10.6. The van der Waals surface area contributed by atoms with Crippen LogP contribution in [-0.4, -0.2) is 11.3 Å². The Kier molecular flexibility index (Phi) is 2.77. The van der Waals surface area contributed by atoms with E-state index >= 15 is 0 Å². The zero-order valence-corrected chi connectivity index (χ0v) is 8.73. The van der Waals surface area contributed by atoms with Crippen LogP contribution >= 0.6 is 0 Å². The van der Waals surface area contributed by atoms with Crippen LogP contribution in [0.25, 0.3) is 10.9 Å². The number of carbonyl (C=O) groups excluding carboxylic acids is 1. The molecular formula is C13H13NO.